The summed E-state index contributed by atoms with van der Waals surface area (Å²) in [5, 5.41) is 11.7. The molecule has 13 heavy (non-hydrogen) atoms. The Morgan fingerprint density at radius 2 is 2.08 bits per heavy atom. The number of aromatic nitrogens is 4. The highest BCUT2D eigenvalue weighted by Gasteiger charge is 2.22. The van der Waals surface area contributed by atoms with Gasteiger partial charge in [-0.2, -0.15) is 4.80 Å². The van der Waals surface area contributed by atoms with Gasteiger partial charge in [-0.25, -0.2) is 0 Å². The quantitative estimate of drug-likeness (QED) is 0.707. The summed E-state index contributed by atoms with van der Waals surface area (Å²) in [6.45, 7) is 6.32. The minimum Gasteiger partial charge on any atom is -0.327 e. The van der Waals surface area contributed by atoms with Crippen molar-refractivity contribution in [2.75, 3.05) is 0 Å². The molecule has 1 unspecified atom stereocenters. The fourth-order valence-electron chi connectivity index (χ4n) is 0.908. The monoisotopic (exact) mass is 183 g/mol. The number of tetrazole rings is 1. The molecule has 0 spiro atoms. The van der Waals surface area contributed by atoms with Crippen LogP contribution in [0.4, 0.5) is 0 Å². The zero-order valence-electron chi connectivity index (χ0n) is 8.65. The second-order valence-corrected chi connectivity index (χ2v) is 4.37. The molecular formula is C8H17N5. The van der Waals surface area contributed by atoms with Gasteiger partial charge in [-0.05, 0) is 10.6 Å². The molecule has 0 saturated carbocycles. The van der Waals surface area contributed by atoms with Gasteiger partial charge in [0.2, 0.25) is 0 Å². The highest BCUT2D eigenvalue weighted by molar-refractivity contribution is 4.88. The van der Waals surface area contributed by atoms with E-state index in [1.165, 1.54) is 4.80 Å². The molecule has 5 nitrogen and oxygen atoms in total. The number of nitrogens with two attached hydrogens (primary N) is 1. The first-order chi connectivity index (χ1) is 5.89. The molecule has 1 atom stereocenters. The van der Waals surface area contributed by atoms with E-state index in [9.17, 15) is 0 Å². The first-order valence-corrected chi connectivity index (χ1v) is 4.38. The summed E-state index contributed by atoms with van der Waals surface area (Å²) in [5.41, 5.74) is 6.06. The van der Waals surface area contributed by atoms with Crippen LogP contribution in [0.1, 0.15) is 26.6 Å². The van der Waals surface area contributed by atoms with Crippen LogP contribution in [0.5, 0.6) is 0 Å². The highest BCUT2D eigenvalue weighted by Crippen LogP contribution is 2.19. The Hall–Kier alpha value is -0.970. The summed E-state index contributed by atoms with van der Waals surface area (Å²) < 4.78 is 0. The standard InChI is InChI=1S/C8H17N5/c1-8(2,3)6(9)5-7-10-12-13(4)11-7/h6H,5,9H2,1-4H3. The van der Waals surface area contributed by atoms with Gasteiger partial charge in [-0.3, -0.25) is 0 Å². The Morgan fingerprint density at radius 1 is 1.46 bits per heavy atom. The van der Waals surface area contributed by atoms with E-state index in [0.29, 0.717) is 12.2 Å². The summed E-state index contributed by atoms with van der Waals surface area (Å²) in [6.07, 6.45) is 0.678. The van der Waals surface area contributed by atoms with Gasteiger partial charge in [-0.1, -0.05) is 20.8 Å². The van der Waals surface area contributed by atoms with Crippen LogP contribution in [0.2, 0.25) is 0 Å². The number of hydrogen-bond acceptors (Lipinski definition) is 4. The van der Waals surface area contributed by atoms with Crippen LogP contribution in [0.25, 0.3) is 0 Å². The maximum atomic E-state index is 5.97. The highest BCUT2D eigenvalue weighted by atomic mass is 15.6. The Bertz CT molecular complexity index is 272. The van der Waals surface area contributed by atoms with Crippen LogP contribution in [0.3, 0.4) is 0 Å². The molecule has 0 bridgehead atoms. The Balaban J connectivity index is 2.60. The molecule has 0 aromatic carbocycles. The molecule has 2 N–H and O–H groups in total. The van der Waals surface area contributed by atoms with Gasteiger partial charge in [0.05, 0.1) is 7.05 Å². The molecule has 0 amide bonds. The lowest BCUT2D eigenvalue weighted by molar-refractivity contribution is 0.315. The third-order valence-corrected chi connectivity index (χ3v) is 2.06. The SMILES string of the molecule is Cn1nnc(CC(N)C(C)(C)C)n1. The zero-order chi connectivity index (χ0) is 10.1. The second-order valence-electron chi connectivity index (χ2n) is 4.37. The molecule has 1 aromatic heterocycles. The van der Waals surface area contributed by atoms with Crippen molar-refractivity contribution in [3.8, 4) is 0 Å². The molecule has 0 saturated heterocycles. The van der Waals surface area contributed by atoms with Gasteiger partial charge in [0.1, 0.15) is 0 Å². The van der Waals surface area contributed by atoms with E-state index in [0.717, 1.165) is 0 Å². The molecule has 1 aromatic rings. The average Bonchev–Trinajstić information content (AvgIpc) is 2.33. The normalized spacial score (nSPS) is 14.5. The molecule has 1 rings (SSSR count). The predicted octanol–water partition coefficient (Wildman–Crippen LogP) is 0.126. The van der Waals surface area contributed by atoms with E-state index < -0.39 is 0 Å². The molecular weight excluding hydrogens is 166 g/mol. The van der Waals surface area contributed by atoms with Gasteiger partial charge in [0.15, 0.2) is 5.82 Å². The third kappa shape index (κ3) is 2.77. The average molecular weight is 183 g/mol. The summed E-state index contributed by atoms with van der Waals surface area (Å²) in [6, 6.07) is 0.0664. The van der Waals surface area contributed by atoms with Gasteiger partial charge >= 0.3 is 0 Å². The van der Waals surface area contributed by atoms with Crippen molar-refractivity contribution in [1.82, 2.24) is 20.2 Å². The molecule has 0 aliphatic heterocycles. The van der Waals surface area contributed by atoms with E-state index in [-0.39, 0.29) is 11.5 Å². The van der Waals surface area contributed by atoms with Crippen LogP contribution in [0.15, 0.2) is 0 Å². The first-order valence-electron chi connectivity index (χ1n) is 4.38. The van der Waals surface area contributed by atoms with Gasteiger partial charge in [0, 0.05) is 12.5 Å². The Labute approximate surface area is 78.3 Å². The van der Waals surface area contributed by atoms with Crippen molar-refractivity contribution in [1.29, 1.82) is 0 Å². The van der Waals surface area contributed by atoms with Gasteiger partial charge in [-0.15, -0.1) is 10.2 Å². The van der Waals surface area contributed by atoms with E-state index in [4.69, 9.17) is 5.73 Å². The summed E-state index contributed by atoms with van der Waals surface area (Å²) in [7, 11) is 1.75. The van der Waals surface area contributed by atoms with E-state index in [1.54, 1.807) is 7.05 Å². The van der Waals surface area contributed by atoms with Crippen molar-refractivity contribution in [3.05, 3.63) is 5.82 Å². The lowest BCUT2D eigenvalue weighted by atomic mass is 9.85. The van der Waals surface area contributed by atoms with Crippen LogP contribution in [-0.4, -0.2) is 26.2 Å². The van der Waals surface area contributed by atoms with Crippen molar-refractivity contribution in [2.24, 2.45) is 18.2 Å². The van der Waals surface area contributed by atoms with E-state index in [2.05, 4.69) is 36.2 Å². The topological polar surface area (TPSA) is 69.6 Å². The van der Waals surface area contributed by atoms with Crippen LogP contribution in [0, 0.1) is 5.41 Å². The summed E-state index contributed by atoms with van der Waals surface area (Å²) in [4.78, 5) is 1.45. The van der Waals surface area contributed by atoms with Gasteiger partial charge < -0.3 is 5.73 Å². The molecule has 0 aliphatic carbocycles. The maximum absolute atomic E-state index is 5.97. The fraction of sp³-hybridized carbons (Fsp3) is 0.875. The van der Waals surface area contributed by atoms with Crippen LogP contribution < -0.4 is 5.73 Å². The largest absolute Gasteiger partial charge is 0.327 e. The lowest BCUT2D eigenvalue weighted by Crippen LogP contribution is -2.37. The molecule has 5 heteroatoms. The molecule has 0 aliphatic rings. The molecule has 0 radical (unpaired) electrons. The maximum Gasteiger partial charge on any atom is 0.176 e. The zero-order valence-corrected chi connectivity index (χ0v) is 8.65. The Morgan fingerprint density at radius 3 is 2.46 bits per heavy atom. The second kappa shape index (κ2) is 3.41. The third-order valence-electron chi connectivity index (χ3n) is 2.06. The molecule has 0 fully saturated rings. The van der Waals surface area contributed by atoms with Crippen molar-refractivity contribution in [3.63, 3.8) is 0 Å². The number of rotatable bonds is 2. The van der Waals surface area contributed by atoms with Crippen molar-refractivity contribution in [2.45, 2.75) is 33.2 Å². The minimum absolute atomic E-state index is 0.0664. The smallest absolute Gasteiger partial charge is 0.176 e. The Kier molecular flexibility index (Phi) is 2.66. The first kappa shape index (κ1) is 10.1. The number of hydrogen-bond donors (Lipinski definition) is 1. The summed E-state index contributed by atoms with van der Waals surface area (Å²) in [5.74, 6) is 0.713. The van der Waals surface area contributed by atoms with Crippen molar-refractivity contribution >= 4 is 0 Å². The summed E-state index contributed by atoms with van der Waals surface area (Å²) >= 11 is 0. The number of nitrogens with zero attached hydrogens (tertiary/aromatic N) is 4. The molecule has 74 valence electrons. The predicted molar refractivity (Wildman–Crippen MR) is 49.9 cm³/mol. The minimum atomic E-state index is 0.0664. The van der Waals surface area contributed by atoms with Crippen LogP contribution >= 0.6 is 0 Å². The number of aryl methyl sites for hydroxylation is 1. The van der Waals surface area contributed by atoms with E-state index >= 15 is 0 Å². The fourth-order valence-corrected chi connectivity index (χ4v) is 0.908. The van der Waals surface area contributed by atoms with Crippen molar-refractivity contribution < 1.29 is 0 Å². The van der Waals surface area contributed by atoms with Crippen LogP contribution in [-0.2, 0) is 13.5 Å². The lowest BCUT2D eigenvalue weighted by Gasteiger charge is -2.25. The van der Waals surface area contributed by atoms with E-state index in [1.807, 2.05) is 0 Å². The molecule has 1 heterocycles. The van der Waals surface area contributed by atoms with Gasteiger partial charge in [0.25, 0.3) is 0 Å².